The average molecular weight is 571 g/mol. The van der Waals surface area contributed by atoms with Gasteiger partial charge in [0.05, 0.1) is 5.41 Å². The SMILES string of the molecule is CC(=CC1=[N+](C)c2ccc3ccccc3c2C1(C)C)C=C1N(C)c2ccc3ccccc3c2C1(C)C.[O-][Cl+3]([O-])([O-])[O-]. The highest BCUT2D eigenvalue weighted by Crippen LogP contribution is 2.50. The zero-order valence-corrected chi connectivity index (χ0v) is 25.2. The molecule has 0 aliphatic carbocycles. The summed E-state index contributed by atoms with van der Waals surface area (Å²) in [7, 11) is -0.523. The molecule has 2 aliphatic heterocycles. The van der Waals surface area contributed by atoms with Crippen LogP contribution in [-0.2, 0) is 10.8 Å². The van der Waals surface area contributed by atoms with Crippen molar-refractivity contribution < 1.29 is 33.5 Å². The predicted molar refractivity (Wildman–Crippen MR) is 155 cm³/mol. The third-order valence-electron chi connectivity index (χ3n) is 8.52. The van der Waals surface area contributed by atoms with Crippen molar-refractivity contribution in [3.8, 4) is 0 Å². The molecule has 0 amide bonds. The molecule has 2 heterocycles. The second-order valence-corrected chi connectivity index (χ2v) is 12.7. The highest BCUT2D eigenvalue weighted by atomic mass is 35.7. The summed E-state index contributed by atoms with van der Waals surface area (Å²) >= 11 is 0. The molecule has 0 atom stereocenters. The van der Waals surface area contributed by atoms with Crippen molar-refractivity contribution in [3.63, 3.8) is 0 Å². The molecule has 0 bridgehead atoms. The fourth-order valence-corrected chi connectivity index (χ4v) is 6.77. The lowest BCUT2D eigenvalue weighted by atomic mass is 9.78. The Kier molecular flexibility index (Phi) is 7.13. The Morgan fingerprint density at radius 2 is 1.27 bits per heavy atom. The van der Waals surface area contributed by atoms with E-state index in [1.807, 2.05) is 0 Å². The van der Waals surface area contributed by atoms with Crippen molar-refractivity contribution in [1.82, 2.24) is 0 Å². The summed E-state index contributed by atoms with van der Waals surface area (Å²) < 4.78 is 36.4. The standard InChI is InChI=1S/C34H35N2.ClHO4/c1-22(20-29-33(2,3)31-25-14-10-8-12-23(25)16-18-27(31)35(29)6)21-30-34(4,5)32-26-15-11-9-13-24(26)17-19-28(32)36(30)7;2-1(3,4)5/h8-21H,1-7H3;(H,2,3,4,5)/q+1;/p-1. The second-order valence-electron chi connectivity index (χ2n) is 11.9. The van der Waals surface area contributed by atoms with Crippen LogP contribution >= 0.6 is 0 Å². The second kappa shape index (κ2) is 10.1. The molecule has 0 unspecified atom stereocenters. The first-order valence-electron chi connectivity index (χ1n) is 13.5. The number of likely N-dealkylation sites (N-methyl/N-ethyl adjacent to an activating group) is 1. The first-order valence-corrected chi connectivity index (χ1v) is 14.8. The molecule has 0 saturated carbocycles. The van der Waals surface area contributed by atoms with E-state index in [2.05, 4.69) is 143 Å². The van der Waals surface area contributed by atoms with Gasteiger partial charge in [-0.25, -0.2) is 18.6 Å². The molecule has 6 nitrogen and oxygen atoms in total. The quantitative estimate of drug-likeness (QED) is 0.344. The van der Waals surface area contributed by atoms with Gasteiger partial charge in [-0.15, -0.1) is 10.2 Å². The van der Waals surface area contributed by atoms with Gasteiger partial charge < -0.3 is 4.90 Å². The maximum absolute atomic E-state index is 8.49. The first-order chi connectivity index (χ1) is 19.1. The van der Waals surface area contributed by atoms with Gasteiger partial charge in [-0.05, 0) is 71.7 Å². The summed E-state index contributed by atoms with van der Waals surface area (Å²) in [6.45, 7) is 11.7. The highest BCUT2D eigenvalue weighted by molar-refractivity contribution is 6.08. The molecule has 0 fully saturated rings. The molecule has 7 heteroatoms. The van der Waals surface area contributed by atoms with Gasteiger partial charge in [0, 0.05) is 41.6 Å². The van der Waals surface area contributed by atoms with E-state index >= 15 is 0 Å². The van der Waals surface area contributed by atoms with Gasteiger partial charge in [-0.2, -0.15) is 4.58 Å². The Bertz CT molecular complexity index is 1770. The molecule has 0 saturated heterocycles. The lowest BCUT2D eigenvalue weighted by Gasteiger charge is -2.25. The van der Waals surface area contributed by atoms with Crippen molar-refractivity contribution in [2.75, 3.05) is 19.0 Å². The number of benzene rings is 4. The van der Waals surface area contributed by atoms with Crippen LogP contribution in [0.3, 0.4) is 0 Å². The van der Waals surface area contributed by atoms with Crippen molar-refractivity contribution in [3.05, 3.63) is 107 Å². The number of rotatable bonds is 2. The van der Waals surface area contributed by atoms with Gasteiger partial charge in [0.15, 0.2) is 5.71 Å². The molecule has 0 N–H and O–H groups in total. The Morgan fingerprint density at radius 3 is 1.85 bits per heavy atom. The molecule has 0 spiro atoms. The fourth-order valence-electron chi connectivity index (χ4n) is 6.77. The fraction of sp³-hybridized carbons (Fsp3) is 0.265. The molecular formula is C34H35ClN2O4. The predicted octanol–water partition coefficient (Wildman–Crippen LogP) is 3.50. The van der Waals surface area contributed by atoms with Crippen LogP contribution in [0.5, 0.6) is 0 Å². The number of allylic oxidation sites excluding steroid dienone is 4. The van der Waals surface area contributed by atoms with Gasteiger partial charge in [-0.3, -0.25) is 0 Å². The molecule has 2 aliphatic rings. The van der Waals surface area contributed by atoms with Crippen LogP contribution < -0.4 is 23.5 Å². The number of fused-ring (bicyclic) bond motifs is 6. The van der Waals surface area contributed by atoms with E-state index in [4.69, 9.17) is 18.6 Å². The van der Waals surface area contributed by atoms with Gasteiger partial charge in [0.2, 0.25) is 5.69 Å². The normalized spacial score (nSPS) is 18.6. The number of halogens is 1. The Morgan fingerprint density at radius 1 is 0.756 bits per heavy atom. The minimum Gasteiger partial charge on any atom is -0.347 e. The summed E-state index contributed by atoms with van der Waals surface area (Å²) in [4.78, 5) is 2.38. The van der Waals surface area contributed by atoms with E-state index in [1.165, 1.54) is 61.0 Å². The van der Waals surface area contributed by atoms with E-state index < -0.39 is 10.2 Å². The molecule has 0 aromatic heterocycles. The van der Waals surface area contributed by atoms with Gasteiger partial charge in [0.1, 0.15) is 7.05 Å². The maximum Gasteiger partial charge on any atom is 0.210 e. The number of hydrogen-bond acceptors (Lipinski definition) is 5. The Hall–Kier alpha value is -3.52. The minimum atomic E-state index is -4.94. The van der Waals surface area contributed by atoms with E-state index in [-0.39, 0.29) is 10.8 Å². The molecule has 4 aromatic carbocycles. The van der Waals surface area contributed by atoms with Crippen molar-refractivity contribution >= 4 is 38.6 Å². The lowest BCUT2D eigenvalue weighted by molar-refractivity contribution is -2.00. The van der Waals surface area contributed by atoms with E-state index in [0.717, 1.165) is 0 Å². The minimum absolute atomic E-state index is 0.0824. The largest absolute Gasteiger partial charge is 0.347 e. The molecule has 4 aromatic rings. The van der Waals surface area contributed by atoms with Gasteiger partial charge >= 0.3 is 0 Å². The topological polar surface area (TPSA) is 98.5 Å². The highest BCUT2D eigenvalue weighted by Gasteiger charge is 2.45. The summed E-state index contributed by atoms with van der Waals surface area (Å²) in [5.41, 5.74) is 9.24. The molecule has 41 heavy (non-hydrogen) atoms. The van der Waals surface area contributed by atoms with Crippen LogP contribution in [-0.4, -0.2) is 24.4 Å². The van der Waals surface area contributed by atoms with E-state index in [1.54, 1.807) is 0 Å². The zero-order valence-electron chi connectivity index (χ0n) is 24.5. The summed E-state index contributed by atoms with van der Waals surface area (Å²) in [6.07, 6.45) is 4.79. The number of hydrogen-bond donors (Lipinski definition) is 0. The van der Waals surface area contributed by atoms with E-state index in [0.29, 0.717) is 0 Å². The van der Waals surface area contributed by atoms with Crippen LogP contribution in [0.25, 0.3) is 21.5 Å². The van der Waals surface area contributed by atoms with Gasteiger partial charge in [0.25, 0.3) is 0 Å². The van der Waals surface area contributed by atoms with Crippen molar-refractivity contribution in [2.24, 2.45) is 0 Å². The third kappa shape index (κ3) is 5.07. The lowest BCUT2D eigenvalue weighted by Crippen LogP contribution is -2.68. The van der Waals surface area contributed by atoms with Crippen molar-refractivity contribution in [2.45, 2.75) is 45.4 Å². The molecule has 212 valence electrons. The molecular weight excluding hydrogens is 536 g/mol. The van der Waals surface area contributed by atoms with Gasteiger partial charge in [-0.1, -0.05) is 68.4 Å². The monoisotopic (exact) mass is 570 g/mol. The summed E-state index contributed by atoms with van der Waals surface area (Å²) in [5.74, 6) is 0. The summed E-state index contributed by atoms with van der Waals surface area (Å²) in [6, 6.07) is 26.6. The van der Waals surface area contributed by atoms with Crippen molar-refractivity contribution in [1.29, 1.82) is 0 Å². The molecule has 6 rings (SSSR count). The smallest absolute Gasteiger partial charge is 0.210 e. The third-order valence-corrected chi connectivity index (χ3v) is 8.52. The molecule has 0 radical (unpaired) electrons. The first kappa shape index (κ1) is 29.0. The van der Waals surface area contributed by atoms with Crippen LogP contribution in [0.4, 0.5) is 11.4 Å². The summed E-state index contributed by atoms with van der Waals surface area (Å²) in [5, 5.41) is 5.32. The number of nitrogens with zero attached hydrogens (tertiary/aromatic N) is 2. The van der Waals surface area contributed by atoms with Crippen LogP contribution in [0, 0.1) is 10.2 Å². The van der Waals surface area contributed by atoms with Crippen LogP contribution in [0.2, 0.25) is 0 Å². The maximum atomic E-state index is 8.49. The van der Waals surface area contributed by atoms with Crippen LogP contribution in [0.1, 0.15) is 45.7 Å². The Balaban J connectivity index is 0.000000623. The van der Waals surface area contributed by atoms with Crippen LogP contribution in [0.15, 0.2) is 96.2 Å². The van der Waals surface area contributed by atoms with E-state index in [9.17, 15) is 0 Å². The number of anilines is 1. The average Bonchev–Trinajstić information content (AvgIpc) is 3.22. The zero-order chi connectivity index (χ0) is 29.9. The Labute approximate surface area is 243 Å².